The smallest absolute Gasteiger partial charge is 0.408 e. The number of carbonyl (C=O) groups is 1. The fourth-order valence-corrected chi connectivity index (χ4v) is 3.82. The Labute approximate surface area is 152 Å². The molecule has 0 spiro atoms. The van der Waals surface area contributed by atoms with E-state index in [1.165, 1.54) is 24.3 Å². The van der Waals surface area contributed by atoms with Gasteiger partial charge >= 0.3 is 6.09 Å². The van der Waals surface area contributed by atoms with Crippen LogP contribution < -0.4 is 5.32 Å². The van der Waals surface area contributed by atoms with Gasteiger partial charge in [-0.05, 0) is 50.6 Å². The number of nitrogens with one attached hydrogen (secondary N) is 1. The fourth-order valence-electron chi connectivity index (χ4n) is 2.14. The number of alkyl carbamates (subject to hydrolysis) is 1. The number of carbonyl (C=O) groups excluding carboxylic acids is 1. The highest BCUT2D eigenvalue weighted by Gasteiger charge is 2.32. The van der Waals surface area contributed by atoms with Crippen molar-refractivity contribution in [1.29, 1.82) is 0 Å². The molecule has 2 rings (SSSR count). The van der Waals surface area contributed by atoms with Crippen molar-refractivity contribution in [1.82, 2.24) is 5.32 Å². The Bertz CT molecular complexity index is 828. The Morgan fingerprint density at radius 2 is 1.60 bits per heavy atom. The lowest BCUT2D eigenvalue weighted by Crippen LogP contribution is -2.38. The average Bonchev–Trinajstić information content (AvgIpc) is 2.52. The largest absolute Gasteiger partial charge is 0.444 e. The van der Waals surface area contributed by atoms with E-state index in [0.29, 0.717) is 10.6 Å². The van der Waals surface area contributed by atoms with Crippen molar-refractivity contribution in [2.75, 3.05) is 0 Å². The lowest BCUT2D eigenvalue weighted by atomic mass is 10.2. The second-order valence-electron chi connectivity index (χ2n) is 6.44. The molecule has 0 aliphatic rings. The molecule has 7 heteroatoms. The summed E-state index contributed by atoms with van der Waals surface area (Å²) in [5.74, 6) is 0. The maximum absolute atomic E-state index is 13.0. The van der Waals surface area contributed by atoms with Gasteiger partial charge in [0.25, 0.3) is 0 Å². The maximum Gasteiger partial charge on any atom is 0.408 e. The van der Waals surface area contributed by atoms with Crippen LogP contribution >= 0.6 is 11.6 Å². The first kappa shape index (κ1) is 19.3. The first-order chi connectivity index (χ1) is 11.6. The van der Waals surface area contributed by atoms with Crippen molar-refractivity contribution in [3.05, 3.63) is 65.2 Å². The van der Waals surface area contributed by atoms with Crippen molar-refractivity contribution in [3.8, 4) is 0 Å². The summed E-state index contributed by atoms with van der Waals surface area (Å²) in [6.45, 7) is 5.12. The highest BCUT2D eigenvalue weighted by Crippen LogP contribution is 2.28. The lowest BCUT2D eigenvalue weighted by molar-refractivity contribution is 0.0519. The molecule has 5 nitrogen and oxygen atoms in total. The molecule has 1 unspecified atom stereocenters. The molecule has 0 bridgehead atoms. The van der Waals surface area contributed by atoms with E-state index >= 15 is 0 Å². The quantitative estimate of drug-likeness (QED) is 0.855. The van der Waals surface area contributed by atoms with E-state index in [4.69, 9.17) is 16.3 Å². The molecule has 0 aliphatic heterocycles. The number of sulfone groups is 1. The molecule has 0 saturated carbocycles. The third kappa shape index (κ3) is 5.21. The molecule has 134 valence electrons. The maximum atomic E-state index is 13.0. The Balaban J connectivity index is 2.41. The molecule has 0 aromatic heterocycles. The van der Waals surface area contributed by atoms with Crippen molar-refractivity contribution in [2.24, 2.45) is 0 Å². The molecule has 0 heterocycles. The predicted octanol–water partition coefficient (Wildman–Crippen LogP) is 4.34. The molecule has 0 fully saturated rings. The molecule has 25 heavy (non-hydrogen) atoms. The molecule has 0 saturated heterocycles. The van der Waals surface area contributed by atoms with Crippen molar-refractivity contribution in [3.63, 3.8) is 0 Å². The standard InChI is InChI=1S/C18H20ClNO4S/c1-18(2,3)24-17(21)20-16(13-7-5-4-6-8-13)25(22,23)15-11-9-14(19)10-12-15/h4-12,16H,1-3H3,(H,20,21). The minimum absolute atomic E-state index is 0.0572. The monoisotopic (exact) mass is 381 g/mol. The number of hydrogen-bond donors (Lipinski definition) is 1. The van der Waals surface area contributed by atoms with Gasteiger partial charge in [-0.25, -0.2) is 13.2 Å². The molecule has 2 aromatic rings. The summed E-state index contributed by atoms with van der Waals surface area (Å²) in [4.78, 5) is 12.2. The zero-order valence-corrected chi connectivity index (χ0v) is 15.8. The van der Waals surface area contributed by atoms with Gasteiger partial charge in [0.15, 0.2) is 5.37 Å². The van der Waals surface area contributed by atoms with Crippen molar-refractivity contribution < 1.29 is 17.9 Å². The number of halogens is 1. The summed E-state index contributed by atoms with van der Waals surface area (Å²) >= 11 is 5.83. The second-order valence-corrected chi connectivity index (χ2v) is 8.91. The summed E-state index contributed by atoms with van der Waals surface area (Å²) in [6, 6.07) is 14.2. The van der Waals surface area contributed by atoms with E-state index in [2.05, 4.69) is 5.32 Å². The number of amides is 1. The zero-order chi connectivity index (χ0) is 18.7. The highest BCUT2D eigenvalue weighted by atomic mass is 35.5. The van der Waals surface area contributed by atoms with Gasteiger partial charge in [-0.15, -0.1) is 0 Å². The number of benzene rings is 2. The minimum atomic E-state index is -3.89. The van der Waals surface area contributed by atoms with E-state index in [-0.39, 0.29) is 4.90 Å². The SMILES string of the molecule is CC(C)(C)OC(=O)NC(c1ccccc1)S(=O)(=O)c1ccc(Cl)cc1. The molecule has 1 atom stereocenters. The van der Waals surface area contributed by atoms with E-state index in [9.17, 15) is 13.2 Å². The second kappa shape index (κ2) is 7.45. The van der Waals surface area contributed by atoms with Crippen LogP contribution in [-0.2, 0) is 14.6 Å². The molecular formula is C18H20ClNO4S. The third-order valence-corrected chi connectivity index (χ3v) is 5.39. The molecule has 0 radical (unpaired) electrons. The fraction of sp³-hybridized carbons (Fsp3) is 0.278. The van der Waals surface area contributed by atoms with Gasteiger partial charge in [-0.3, -0.25) is 0 Å². The lowest BCUT2D eigenvalue weighted by Gasteiger charge is -2.24. The molecule has 2 aromatic carbocycles. The van der Waals surface area contributed by atoms with E-state index in [1.807, 2.05) is 0 Å². The van der Waals surface area contributed by atoms with Gasteiger partial charge in [-0.1, -0.05) is 41.9 Å². The Hall–Kier alpha value is -2.05. The van der Waals surface area contributed by atoms with Crippen LogP contribution in [0.5, 0.6) is 0 Å². The molecular weight excluding hydrogens is 362 g/mol. The summed E-state index contributed by atoms with van der Waals surface area (Å²) in [6.07, 6.45) is -0.807. The Morgan fingerprint density at radius 3 is 2.12 bits per heavy atom. The molecule has 1 amide bonds. The number of ether oxygens (including phenoxy) is 1. The zero-order valence-electron chi connectivity index (χ0n) is 14.2. The van der Waals surface area contributed by atoms with E-state index in [1.54, 1.807) is 51.1 Å². The van der Waals surface area contributed by atoms with Gasteiger partial charge in [0.1, 0.15) is 5.60 Å². The van der Waals surface area contributed by atoms with Crippen LogP contribution in [0, 0.1) is 0 Å². The third-order valence-electron chi connectivity index (χ3n) is 3.20. The summed E-state index contributed by atoms with van der Waals surface area (Å²) in [7, 11) is -3.89. The summed E-state index contributed by atoms with van der Waals surface area (Å²) < 4.78 is 31.3. The predicted molar refractivity (Wildman–Crippen MR) is 97.2 cm³/mol. The van der Waals surface area contributed by atoms with Gasteiger partial charge in [-0.2, -0.15) is 0 Å². The van der Waals surface area contributed by atoms with Crippen LogP contribution in [0.3, 0.4) is 0 Å². The van der Waals surface area contributed by atoms with Crippen LogP contribution in [-0.4, -0.2) is 20.1 Å². The van der Waals surface area contributed by atoms with Gasteiger partial charge < -0.3 is 10.1 Å². The summed E-state index contributed by atoms with van der Waals surface area (Å²) in [5, 5.41) is 1.61. The number of rotatable bonds is 4. The van der Waals surface area contributed by atoms with Gasteiger partial charge in [0.2, 0.25) is 9.84 Å². The molecule has 0 aliphatic carbocycles. The van der Waals surface area contributed by atoms with Crippen LogP contribution in [0.15, 0.2) is 59.5 Å². The van der Waals surface area contributed by atoms with Crippen LogP contribution in [0.4, 0.5) is 4.79 Å². The number of hydrogen-bond acceptors (Lipinski definition) is 4. The van der Waals surface area contributed by atoms with E-state index in [0.717, 1.165) is 0 Å². The topological polar surface area (TPSA) is 72.5 Å². The first-order valence-corrected chi connectivity index (χ1v) is 9.56. The highest BCUT2D eigenvalue weighted by molar-refractivity contribution is 7.91. The van der Waals surface area contributed by atoms with Gasteiger partial charge in [0.05, 0.1) is 4.90 Å². The first-order valence-electron chi connectivity index (χ1n) is 7.63. The van der Waals surface area contributed by atoms with Gasteiger partial charge in [0, 0.05) is 5.02 Å². The van der Waals surface area contributed by atoms with Crippen LogP contribution in [0.25, 0.3) is 0 Å². The normalized spacial score (nSPS) is 13.1. The Morgan fingerprint density at radius 1 is 1.04 bits per heavy atom. The van der Waals surface area contributed by atoms with Crippen molar-refractivity contribution >= 4 is 27.5 Å². The van der Waals surface area contributed by atoms with E-state index < -0.39 is 26.9 Å². The average molecular weight is 382 g/mol. The summed E-state index contributed by atoms with van der Waals surface area (Å²) in [5.41, 5.74) is -0.307. The van der Waals surface area contributed by atoms with Crippen LogP contribution in [0.1, 0.15) is 31.7 Å². The minimum Gasteiger partial charge on any atom is -0.444 e. The van der Waals surface area contributed by atoms with Crippen molar-refractivity contribution in [2.45, 2.75) is 36.6 Å². The van der Waals surface area contributed by atoms with Crippen LogP contribution in [0.2, 0.25) is 5.02 Å². The molecule has 1 N–H and O–H groups in total. The Kier molecular flexibility index (Phi) is 5.75.